The van der Waals surface area contributed by atoms with E-state index in [1.54, 1.807) is 0 Å². The van der Waals surface area contributed by atoms with Gasteiger partial charge < -0.3 is 10.1 Å². The number of fused-ring (bicyclic) bond motifs is 3. The lowest BCUT2D eigenvalue weighted by Gasteiger charge is -2.41. The molecule has 1 aliphatic carbocycles. The van der Waals surface area contributed by atoms with E-state index in [1.165, 1.54) is 11.1 Å². The Labute approximate surface area is 103 Å². The molecule has 1 aliphatic heterocycles. The average molecular weight is 231 g/mol. The predicted molar refractivity (Wildman–Crippen MR) is 69.2 cm³/mol. The SMILES string of the molecule is CC1(C)CC2NCCCOC2c2ccccc21. The van der Waals surface area contributed by atoms with Crippen LogP contribution in [0.15, 0.2) is 24.3 Å². The van der Waals surface area contributed by atoms with Gasteiger partial charge in [0, 0.05) is 12.6 Å². The van der Waals surface area contributed by atoms with Gasteiger partial charge in [0.2, 0.25) is 0 Å². The Kier molecular flexibility index (Phi) is 2.72. The van der Waals surface area contributed by atoms with Gasteiger partial charge in [-0.2, -0.15) is 0 Å². The summed E-state index contributed by atoms with van der Waals surface area (Å²) in [7, 11) is 0. The van der Waals surface area contributed by atoms with E-state index >= 15 is 0 Å². The van der Waals surface area contributed by atoms with Crippen molar-refractivity contribution in [3.05, 3.63) is 35.4 Å². The molecule has 0 saturated carbocycles. The lowest BCUT2D eigenvalue weighted by molar-refractivity contribution is 0.0259. The molecule has 0 radical (unpaired) electrons. The maximum absolute atomic E-state index is 6.06. The van der Waals surface area contributed by atoms with Crippen molar-refractivity contribution in [2.24, 2.45) is 0 Å². The van der Waals surface area contributed by atoms with Crippen molar-refractivity contribution in [3.8, 4) is 0 Å². The molecule has 3 rings (SSSR count). The van der Waals surface area contributed by atoms with Crippen molar-refractivity contribution >= 4 is 0 Å². The maximum atomic E-state index is 6.06. The van der Waals surface area contributed by atoms with Crippen molar-refractivity contribution in [1.82, 2.24) is 5.32 Å². The molecule has 2 aliphatic rings. The third-order valence-corrected chi connectivity index (χ3v) is 4.12. The summed E-state index contributed by atoms with van der Waals surface area (Å²) >= 11 is 0. The fraction of sp³-hybridized carbons (Fsp3) is 0.600. The van der Waals surface area contributed by atoms with E-state index in [-0.39, 0.29) is 11.5 Å². The fourth-order valence-electron chi connectivity index (χ4n) is 3.30. The van der Waals surface area contributed by atoms with Crippen LogP contribution < -0.4 is 5.32 Å². The van der Waals surface area contributed by atoms with Crippen LogP contribution in [0.4, 0.5) is 0 Å². The van der Waals surface area contributed by atoms with E-state index in [0.29, 0.717) is 6.04 Å². The quantitative estimate of drug-likeness (QED) is 0.741. The van der Waals surface area contributed by atoms with Gasteiger partial charge in [0.05, 0.1) is 6.10 Å². The number of rotatable bonds is 0. The zero-order chi connectivity index (χ0) is 11.9. The Morgan fingerprint density at radius 2 is 2.12 bits per heavy atom. The van der Waals surface area contributed by atoms with Crippen molar-refractivity contribution in [3.63, 3.8) is 0 Å². The minimum absolute atomic E-state index is 0.248. The molecule has 92 valence electrons. The highest BCUT2D eigenvalue weighted by molar-refractivity contribution is 5.39. The van der Waals surface area contributed by atoms with Gasteiger partial charge in [0.25, 0.3) is 0 Å². The lowest BCUT2D eigenvalue weighted by atomic mass is 9.69. The first-order chi connectivity index (χ1) is 8.18. The Balaban J connectivity index is 2.06. The van der Waals surface area contributed by atoms with E-state index in [4.69, 9.17) is 4.74 Å². The fourth-order valence-corrected chi connectivity index (χ4v) is 3.30. The average Bonchev–Trinajstić information content (AvgIpc) is 2.54. The molecule has 1 aromatic rings. The minimum atomic E-state index is 0.248. The second-order valence-electron chi connectivity index (χ2n) is 5.88. The van der Waals surface area contributed by atoms with Crippen LogP contribution in [-0.2, 0) is 10.2 Å². The minimum Gasteiger partial charge on any atom is -0.372 e. The van der Waals surface area contributed by atoms with E-state index in [1.807, 2.05) is 0 Å². The smallest absolute Gasteiger partial charge is 0.0980 e. The van der Waals surface area contributed by atoms with Crippen LogP contribution in [0.3, 0.4) is 0 Å². The van der Waals surface area contributed by atoms with Gasteiger partial charge in [0.15, 0.2) is 0 Å². The van der Waals surface area contributed by atoms with E-state index in [9.17, 15) is 0 Å². The highest BCUT2D eigenvalue weighted by Gasteiger charge is 2.39. The van der Waals surface area contributed by atoms with Crippen LogP contribution in [-0.4, -0.2) is 19.2 Å². The first-order valence-corrected chi connectivity index (χ1v) is 6.63. The Morgan fingerprint density at radius 3 is 3.00 bits per heavy atom. The molecule has 2 nitrogen and oxygen atoms in total. The number of ether oxygens (including phenoxy) is 1. The highest BCUT2D eigenvalue weighted by atomic mass is 16.5. The molecular weight excluding hydrogens is 210 g/mol. The summed E-state index contributed by atoms with van der Waals surface area (Å²) in [6, 6.07) is 9.25. The predicted octanol–water partition coefficient (Wildman–Crippen LogP) is 2.79. The summed E-state index contributed by atoms with van der Waals surface area (Å²) < 4.78 is 6.06. The van der Waals surface area contributed by atoms with Crippen molar-refractivity contribution < 1.29 is 4.74 Å². The summed E-state index contributed by atoms with van der Waals surface area (Å²) in [6.07, 6.45) is 2.53. The number of hydrogen-bond acceptors (Lipinski definition) is 2. The molecule has 2 unspecified atom stereocenters. The van der Waals surface area contributed by atoms with Crippen molar-refractivity contribution in [2.45, 2.75) is 44.2 Å². The lowest BCUT2D eigenvalue weighted by Crippen LogP contribution is -2.44. The zero-order valence-corrected chi connectivity index (χ0v) is 10.7. The van der Waals surface area contributed by atoms with Crippen molar-refractivity contribution in [2.75, 3.05) is 13.2 Å². The standard InChI is InChI=1S/C15H21NO/c1-15(2)10-13-14(17-9-5-8-16-13)11-6-3-4-7-12(11)15/h3-4,6-7,13-14,16H,5,8-10H2,1-2H3. The number of hydrogen-bond donors (Lipinski definition) is 1. The second-order valence-corrected chi connectivity index (χ2v) is 5.88. The summed E-state index contributed by atoms with van der Waals surface area (Å²) in [6.45, 7) is 6.64. The topological polar surface area (TPSA) is 21.3 Å². The van der Waals surface area contributed by atoms with Crippen LogP contribution in [0.2, 0.25) is 0 Å². The molecule has 2 atom stereocenters. The summed E-state index contributed by atoms with van der Waals surface area (Å²) in [4.78, 5) is 0. The number of benzene rings is 1. The Morgan fingerprint density at radius 1 is 1.29 bits per heavy atom. The third-order valence-electron chi connectivity index (χ3n) is 4.12. The second kappa shape index (κ2) is 4.11. The zero-order valence-electron chi connectivity index (χ0n) is 10.7. The van der Waals surface area contributed by atoms with Gasteiger partial charge in [-0.3, -0.25) is 0 Å². The van der Waals surface area contributed by atoms with Crippen LogP contribution in [0.5, 0.6) is 0 Å². The normalized spacial score (nSPS) is 31.2. The molecular formula is C15H21NO. The monoisotopic (exact) mass is 231 g/mol. The molecule has 0 bridgehead atoms. The molecule has 0 aromatic heterocycles. The molecule has 0 amide bonds. The van der Waals surface area contributed by atoms with Crippen molar-refractivity contribution in [1.29, 1.82) is 0 Å². The molecule has 1 aromatic carbocycles. The van der Waals surface area contributed by atoms with E-state index in [2.05, 4.69) is 43.4 Å². The highest BCUT2D eigenvalue weighted by Crippen LogP contribution is 2.43. The largest absolute Gasteiger partial charge is 0.372 e. The van der Waals surface area contributed by atoms with Gasteiger partial charge in [0.1, 0.15) is 0 Å². The van der Waals surface area contributed by atoms with Gasteiger partial charge >= 0.3 is 0 Å². The van der Waals surface area contributed by atoms with E-state index < -0.39 is 0 Å². The van der Waals surface area contributed by atoms with E-state index in [0.717, 1.165) is 26.0 Å². The van der Waals surface area contributed by atoms with Gasteiger partial charge in [-0.1, -0.05) is 38.1 Å². The van der Waals surface area contributed by atoms with Crippen LogP contribution in [0.25, 0.3) is 0 Å². The summed E-state index contributed by atoms with van der Waals surface area (Å²) in [5.41, 5.74) is 3.10. The summed E-state index contributed by atoms with van der Waals surface area (Å²) in [5, 5.41) is 3.66. The van der Waals surface area contributed by atoms with Crippen LogP contribution in [0.1, 0.15) is 43.9 Å². The molecule has 1 N–H and O–H groups in total. The van der Waals surface area contributed by atoms with Gasteiger partial charge in [-0.15, -0.1) is 0 Å². The van der Waals surface area contributed by atoms with Gasteiger partial charge in [-0.05, 0) is 35.9 Å². The third kappa shape index (κ3) is 1.90. The van der Waals surface area contributed by atoms with Crippen LogP contribution >= 0.6 is 0 Å². The maximum Gasteiger partial charge on any atom is 0.0980 e. The van der Waals surface area contributed by atoms with Crippen LogP contribution in [0, 0.1) is 0 Å². The number of nitrogens with one attached hydrogen (secondary N) is 1. The van der Waals surface area contributed by atoms with Gasteiger partial charge in [-0.25, -0.2) is 0 Å². The summed E-state index contributed by atoms with van der Waals surface area (Å²) in [5.74, 6) is 0. The first kappa shape index (κ1) is 11.2. The first-order valence-electron chi connectivity index (χ1n) is 6.63. The Bertz CT molecular complexity index is 413. The molecule has 0 spiro atoms. The molecule has 1 heterocycles. The molecule has 2 heteroatoms. The molecule has 17 heavy (non-hydrogen) atoms. The molecule has 1 saturated heterocycles. The Hall–Kier alpha value is -0.860. The molecule has 1 fully saturated rings.